The third-order valence-electron chi connectivity index (χ3n) is 15.9. The molecule has 6 rings (SSSR count). The van der Waals surface area contributed by atoms with Crippen molar-refractivity contribution < 1.29 is 37.5 Å². The van der Waals surface area contributed by atoms with Crippen molar-refractivity contribution in [3.63, 3.8) is 0 Å². The third-order valence-corrected chi connectivity index (χ3v) is 16.1. The molecule has 0 aliphatic heterocycles. The van der Waals surface area contributed by atoms with Gasteiger partial charge in [0.05, 0.1) is 11.6 Å². The van der Waals surface area contributed by atoms with Crippen molar-refractivity contribution in [3.05, 3.63) is 141 Å². The number of allylic oxidation sites excluding steroid dienone is 4. The van der Waals surface area contributed by atoms with Gasteiger partial charge < -0.3 is 28.9 Å². The van der Waals surface area contributed by atoms with Gasteiger partial charge in [0.25, 0.3) is 11.8 Å². The van der Waals surface area contributed by atoms with Crippen LogP contribution in [0, 0.1) is 28.6 Å². The molecule has 0 aliphatic carbocycles. The summed E-state index contributed by atoms with van der Waals surface area (Å²) < 4.78 is 24.5. The van der Waals surface area contributed by atoms with E-state index in [4.69, 9.17) is 29.9 Å². The van der Waals surface area contributed by atoms with Crippen LogP contribution in [0.2, 0.25) is 0 Å². The van der Waals surface area contributed by atoms with Crippen molar-refractivity contribution in [3.8, 4) is 23.6 Å². The minimum Gasteiger partial charge on any atom is -0.480 e. The summed E-state index contributed by atoms with van der Waals surface area (Å²) in [5, 5.41) is 26.8. The monoisotopic (exact) mass is 1070 g/mol. The fourth-order valence-corrected chi connectivity index (χ4v) is 9.07. The van der Waals surface area contributed by atoms with E-state index in [0.29, 0.717) is 57.7 Å². The molecule has 0 saturated heterocycles. The Kier molecular flexibility index (Phi) is 18.8. The molecule has 0 spiro atoms. The predicted octanol–water partition coefficient (Wildman–Crippen LogP) is 16.3. The number of rotatable bonds is 24. The second-order valence-corrected chi connectivity index (χ2v) is 23.1. The van der Waals surface area contributed by atoms with E-state index in [1.165, 1.54) is 23.5 Å². The summed E-state index contributed by atoms with van der Waals surface area (Å²) in [5.41, 5.74) is 5.10. The number of ketones is 2. The maximum absolute atomic E-state index is 13.9. The van der Waals surface area contributed by atoms with Crippen LogP contribution in [0.4, 0.5) is 11.4 Å². The molecular weight excluding hydrogens is 1000 g/mol. The Balaban J connectivity index is 1.15. The fourth-order valence-electron chi connectivity index (χ4n) is 8.84. The zero-order valence-electron chi connectivity index (χ0n) is 47.8. The maximum atomic E-state index is 13.9. The van der Waals surface area contributed by atoms with Gasteiger partial charge in [0.15, 0.2) is 18.0 Å². The number of carbonyl (C=O) groups is 4. The quantitative estimate of drug-likeness (QED) is 0.0256. The zero-order chi connectivity index (χ0) is 57.5. The topological polar surface area (TPSA) is 185 Å². The number of benzene rings is 4. The first-order valence-electron chi connectivity index (χ1n) is 27.1. The van der Waals surface area contributed by atoms with Crippen LogP contribution >= 0.6 is 11.6 Å². The molecule has 78 heavy (non-hydrogen) atoms. The van der Waals surface area contributed by atoms with Crippen LogP contribution in [0.3, 0.4) is 0 Å². The number of fused-ring (bicyclic) bond motifs is 2. The molecule has 2 heterocycles. The molecule has 410 valence electrons. The minimum atomic E-state index is -1.47. The summed E-state index contributed by atoms with van der Waals surface area (Å²) in [6.07, 6.45) is 6.23. The number of nitrogens with one attached hydrogen (secondary N) is 2. The van der Waals surface area contributed by atoms with Gasteiger partial charge in [-0.1, -0.05) is 133 Å². The largest absolute Gasteiger partial charge is 0.480 e. The van der Waals surface area contributed by atoms with Crippen molar-refractivity contribution in [2.45, 2.75) is 169 Å². The molecule has 2 aromatic heterocycles. The number of nitriles is 2. The van der Waals surface area contributed by atoms with E-state index in [1.54, 1.807) is 36.4 Å². The van der Waals surface area contributed by atoms with Gasteiger partial charge in [-0.2, -0.15) is 10.5 Å². The van der Waals surface area contributed by atoms with Gasteiger partial charge in [-0.15, -0.1) is 0 Å². The standard InChI is InChI=1S/C65H75ClN4O8/c1-15-51(76-55-25-21-42(62(7,8)17-3)33-49(55)64(11,12)19-5)60(73)69-45-23-27-53-39(31-45)32-57(78-53)59(72)41(37-68)30-44(66)29-40(36-67)58(71)48-38-75-54-28-24-46(35-47(48)54)70-61(74)52(16-2)77-56-26-22-43(63(9,10)18-4)34-50(56)65(13,14)20-6/h21-35,38,41,51-52H,15-20H2,1-14H3,(H,69,73)(H,70,74). The number of Topliss-reactive ketones (excluding diaryl/α,β-unsaturated/α-hetero) is 2. The first-order chi connectivity index (χ1) is 36.8. The van der Waals surface area contributed by atoms with E-state index < -0.39 is 35.3 Å². The summed E-state index contributed by atoms with van der Waals surface area (Å²) in [6.45, 7) is 29.9. The smallest absolute Gasteiger partial charge is 0.265 e. The number of ether oxygens (including phenoxy) is 2. The van der Waals surface area contributed by atoms with Crippen LogP contribution < -0.4 is 20.1 Å². The molecule has 4 aromatic carbocycles. The average Bonchev–Trinajstić information content (AvgIpc) is 4.09. The van der Waals surface area contributed by atoms with Crippen LogP contribution in [-0.4, -0.2) is 35.6 Å². The summed E-state index contributed by atoms with van der Waals surface area (Å²) in [5.74, 6) is -2.50. The van der Waals surface area contributed by atoms with E-state index in [1.807, 2.05) is 38.1 Å². The molecule has 2 N–H and O–H groups in total. The lowest BCUT2D eigenvalue weighted by atomic mass is 9.76. The number of furan rings is 2. The number of hydrogen-bond donors (Lipinski definition) is 2. The highest BCUT2D eigenvalue weighted by Gasteiger charge is 2.32. The van der Waals surface area contributed by atoms with E-state index in [9.17, 15) is 29.7 Å². The Hall–Kier alpha value is -7.41. The normalized spacial score (nSPS) is 13.8. The van der Waals surface area contributed by atoms with Gasteiger partial charge >= 0.3 is 0 Å². The molecule has 6 aromatic rings. The van der Waals surface area contributed by atoms with Crippen molar-refractivity contribution in [1.82, 2.24) is 0 Å². The van der Waals surface area contributed by atoms with E-state index in [0.717, 1.165) is 49.0 Å². The summed E-state index contributed by atoms with van der Waals surface area (Å²) >= 11 is 6.56. The molecule has 0 bridgehead atoms. The lowest BCUT2D eigenvalue weighted by molar-refractivity contribution is -0.123. The summed E-state index contributed by atoms with van der Waals surface area (Å²) in [4.78, 5) is 55.3. The Morgan fingerprint density at radius 1 is 0.641 bits per heavy atom. The number of carbonyl (C=O) groups excluding carboxylic acids is 4. The average molecular weight is 1080 g/mol. The number of amides is 2. The summed E-state index contributed by atoms with van der Waals surface area (Å²) in [6, 6.07) is 27.5. The van der Waals surface area contributed by atoms with Crippen LogP contribution in [-0.2, 0) is 31.2 Å². The SMILES string of the molecule is CCC(Oc1ccc(C(C)(C)CC)cc1C(C)(C)CC)C(=O)Nc1ccc2oc(C(=O)C(C#N)C=C(Cl)C=C(C#N)C(=O)c3coc4ccc(NC(=O)C(CC)Oc5ccc(C(C)(C)CC)cc5C(C)(C)CC)cc34)cc2c1. The van der Waals surface area contributed by atoms with E-state index in [-0.39, 0.29) is 49.8 Å². The first kappa shape index (κ1) is 59.8. The van der Waals surface area contributed by atoms with Crippen LogP contribution in [0.1, 0.15) is 179 Å². The third kappa shape index (κ3) is 13.3. The second-order valence-electron chi connectivity index (χ2n) is 22.6. The van der Waals surface area contributed by atoms with Crippen molar-refractivity contribution in [2.24, 2.45) is 5.92 Å². The highest BCUT2D eigenvalue weighted by molar-refractivity contribution is 6.32. The van der Waals surface area contributed by atoms with Crippen LogP contribution in [0.15, 0.2) is 117 Å². The number of nitrogens with zero attached hydrogens (tertiary/aromatic N) is 2. The first-order valence-corrected chi connectivity index (χ1v) is 27.5. The van der Waals surface area contributed by atoms with Gasteiger partial charge in [0.2, 0.25) is 11.6 Å². The fraction of sp³-hybridized carbons (Fsp3) is 0.415. The maximum Gasteiger partial charge on any atom is 0.265 e. The number of anilines is 2. The van der Waals surface area contributed by atoms with Crippen LogP contribution in [0.25, 0.3) is 21.9 Å². The van der Waals surface area contributed by atoms with Crippen molar-refractivity contribution >= 4 is 68.3 Å². The molecule has 12 nitrogen and oxygen atoms in total. The second kappa shape index (κ2) is 24.5. The van der Waals surface area contributed by atoms with Crippen LogP contribution in [0.5, 0.6) is 11.5 Å². The van der Waals surface area contributed by atoms with Gasteiger partial charge in [0.1, 0.15) is 46.5 Å². The Bertz CT molecular complexity index is 3370. The molecule has 0 fully saturated rings. The molecule has 0 saturated carbocycles. The van der Waals surface area contributed by atoms with Gasteiger partial charge in [-0.3, -0.25) is 19.2 Å². The highest BCUT2D eigenvalue weighted by atomic mass is 35.5. The Labute approximate surface area is 465 Å². The minimum absolute atomic E-state index is 0.0260. The van der Waals surface area contributed by atoms with E-state index in [2.05, 4.69) is 118 Å². The molecule has 3 unspecified atom stereocenters. The molecule has 13 heteroatoms. The molecule has 2 amide bonds. The molecule has 0 radical (unpaired) electrons. The van der Waals surface area contributed by atoms with Gasteiger partial charge in [-0.05, 0) is 138 Å². The lowest BCUT2D eigenvalue weighted by Crippen LogP contribution is -2.33. The predicted molar refractivity (Wildman–Crippen MR) is 311 cm³/mol. The Morgan fingerprint density at radius 2 is 1.13 bits per heavy atom. The lowest BCUT2D eigenvalue weighted by Gasteiger charge is -2.31. The Morgan fingerprint density at radius 3 is 1.59 bits per heavy atom. The molecule has 0 aliphatic rings. The summed E-state index contributed by atoms with van der Waals surface area (Å²) in [7, 11) is 0. The van der Waals surface area contributed by atoms with Gasteiger partial charge in [-0.25, -0.2) is 0 Å². The van der Waals surface area contributed by atoms with Crippen molar-refractivity contribution in [2.75, 3.05) is 10.6 Å². The molecular formula is C65H75ClN4O8. The number of hydrogen-bond acceptors (Lipinski definition) is 10. The van der Waals surface area contributed by atoms with Gasteiger partial charge in [0, 0.05) is 38.3 Å². The zero-order valence-corrected chi connectivity index (χ0v) is 48.5. The van der Waals surface area contributed by atoms with E-state index >= 15 is 0 Å². The number of halogens is 1. The molecule has 3 atom stereocenters. The van der Waals surface area contributed by atoms with Crippen molar-refractivity contribution in [1.29, 1.82) is 10.5 Å². The highest BCUT2D eigenvalue weighted by Crippen LogP contribution is 2.41.